The third-order valence-corrected chi connectivity index (χ3v) is 6.17. The van der Waals surface area contributed by atoms with Crippen LogP contribution in [0.2, 0.25) is 0 Å². The molecule has 4 aromatic rings. The number of aryl methyl sites for hydroxylation is 1. The summed E-state index contributed by atoms with van der Waals surface area (Å²) in [5.74, 6) is 0.820. The van der Waals surface area contributed by atoms with Crippen molar-refractivity contribution in [2.45, 2.75) is 18.5 Å². The number of pyridine rings is 1. The molecule has 35 heavy (non-hydrogen) atoms. The van der Waals surface area contributed by atoms with Crippen LogP contribution >= 0.6 is 0 Å². The van der Waals surface area contributed by atoms with E-state index in [2.05, 4.69) is 38.9 Å². The molecule has 1 amide bonds. The Morgan fingerprint density at radius 1 is 1.11 bits per heavy atom. The molecule has 4 N–H and O–H groups in total. The van der Waals surface area contributed by atoms with Gasteiger partial charge in [-0.05, 0) is 24.1 Å². The Hall–Kier alpha value is -4.17. The SMILES string of the molecule is Cn1cc(-c2cnc(N)c(C(=O)N[C@@H]3CN[C@H](COc4ccccc4-c4ccccc4)C3)c2)cn1. The number of nitrogens with two attached hydrogens (primary N) is 1. The zero-order chi connectivity index (χ0) is 24.2. The number of amides is 1. The van der Waals surface area contributed by atoms with Crippen LogP contribution in [-0.2, 0) is 7.05 Å². The maximum atomic E-state index is 13.0. The Labute approximate surface area is 204 Å². The minimum atomic E-state index is -0.233. The molecule has 1 aliphatic rings. The number of ether oxygens (including phenoxy) is 1. The highest BCUT2D eigenvalue weighted by Crippen LogP contribution is 2.30. The Balaban J connectivity index is 1.20. The van der Waals surface area contributed by atoms with E-state index in [9.17, 15) is 4.79 Å². The van der Waals surface area contributed by atoms with Crippen LogP contribution in [0.25, 0.3) is 22.3 Å². The molecule has 8 nitrogen and oxygen atoms in total. The average molecular weight is 469 g/mol. The van der Waals surface area contributed by atoms with Crippen molar-refractivity contribution >= 4 is 11.7 Å². The average Bonchev–Trinajstić information content (AvgIpc) is 3.52. The highest BCUT2D eigenvalue weighted by molar-refractivity contribution is 5.99. The molecule has 0 aliphatic carbocycles. The van der Waals surface area contributed by atoms with Gasteiger partial charge in [0.1, 0.15) is 18.2 Å². The summed E-state index contributed by atoms with van der Waals surface area (Å²) in [5, 5.41) is 10.7. The van der Waals surface area contributed by atoms with E-state index in [4.69, 9.17) is 10.5 Å². The van der Waals surface area contributed by atoms with Crippen molar-refractivity contribution in [3.63, 3.8) is 0 Å². The Morgan fingerprint density at radius 2 is 1.91 bits per heavy atom. The summed E-state index contributed by atoms with van der Waals surface area (Å²) < 4.78 is 7.89. The number of anilines is 1. The number of rotatable bonds is 7. The van der Waals surface area contributed by atoms with Gasteiger partial charge in [0.15, 0.2) is 0 Å². The predicted molar refractivity (Wildman–Crippen MR) is 136 cm³/mol. The van der Waals surface area contributed by atoms with E-state index in [1.54, 1.807) is 23.1 Å². The van der Waals surface area contributed by atoms with Crippen LogP contribution in [0.5, 0.6) is 5.75 Å². The molecule has 2 atom stereocenters. The van der Waals surface area contributed by atoms with Crippen LogP contribution in [-0.4, -0.2) is 45.9 Å². The van der Waals surface area contributed by atoms with Crippen LogP contribution < -0.4 is 21.1 Å². The zero-order valence-electron chi connectivity index (χ0n) is 19.5. The van der Waals surface area contributed by atoms with E-state index >= 15 is 0 Å². The van der Waals surface area contributed by atoms with E-state index in [0.29, 0.717) is 18.7 Å². The third-order valence-electron chi connectivity index (χ3n) is 6.17. The maximum Gasteiger partial charge on any atom is 0.255 e. The highest BCUT2D eigenvalue weighted by Gasteiger charge is 2.27. The molecule has 2 aromatic heterocycles. The Bertz CT molecular complexity index is 1320. The second-order valence-electron chi connectivity index (χ2n) is 8.74. The number of hydrogen-bond donors (Lipinski definition) is 3. The number of nitrogens with one attached hydrogen (secondary N) is 2. The molecular weight excluding hydrogens is 440 g/mol. The number of carbonyl (C=O) groups excluding carboxylic acids is 1. The fourth-order valence-corrected chi connectivity index (χ4v) is 4.34. The molecule has 1 saturated heterocycles. The number of benzene rings is 2. The lowest BCUT2D eigenvalue weighted by Gasteiger charge is -2.16. The van der Waals surface area contributed by atoms with Crippen molar-refractivity contribution in [1.29, 1.82) is 0 Å². The Morgan fingerprint density at radius 3 is 2.71 bits per heavy atom. The lowest BCUT2D eigenvalue weighted by atomic mass is 10.0. The van der Waals surface area contributed by atoms with Crippen LogP contribution in [0.4, 0.5) is 5.82 Å². The Kier molecular flexibility index (Phi) is 6.45. The van der Waals surface area contributed by atoms with Gasteiger partial charge in [0.2, 0.25) is 0 Å². The monoisotopic (exact) mass is 468 g/mol. The van der Waals surface area contributed by atoms with Gasteiger partial charge in [-0.25, -0.2) is 4.98 Å². The van der Waals surface area contributed by atoms with Gasteiger partial charge in [0.05, 0.1) is 11.8 Å². The molecule has 1 fully saturated rings. The van der Waals surface area contributed by atoms with Gasteiger partial charge in [0.25, 0.3) is 5.91 Å². The first-order valence-corrected chi connectivity index (χ1v) is 11.6. The number of hydrogen-bond acceptors (Lipinski definition) is 6. The minimum absolute atomic E-state index is 0.0260. The summed E-state index contributed by atoms with van der Waals surface area (Å²) in [4.78, 5) is 17.2. The number of para-hydroxylation sites is 1. The molecule has 0 unspecified atom stereocenters. The van der Waals surface area contributed by atoms with Crippen LogP contribution in [0.15, 0.2) is 79.3 Å². The van der Waals surface area contributed by atoms with Crippen molar-refractivity contribution in [2.24, 2.45) is 7.05 Å². The molecule has 2 aromatic carbocycles. The predicted octanol–water partition coefficient (Wildman–Crippen LogP) is 3.27. The van der Waals surface area contributed by atoms with Gasteiger partial charge in [-0.15, -0.1) is 0 Å². The smallest absolute Gasteiger partial charge is 0.255 e. The fraction of sp³-hybridized carbons (Fsp3) is 0.222. The quantitative estimate of drug-likeness (QED) is 0.384. The normalized spacial score (nSPS) is 17.3. The first-order valence-electron chi connectivity index (χ1n) is 11.6. The van der Waals surface area contributed by atoms with Crippen molar-refractivity contribution < 1.29 is 9.53 Å². The molecule has 5 rings (SSSR count). The molecule has 0 radical (unpaired) electrons. The van der Waals surface area contributed by atoms with E-state index < -0.39 is 0 Å². The fourth-order valence-electron chi connectivity index (χ4n) is 4.34. The summed E-state index contributed by atoms with van der Waals surface area (Å²) in [6.07, 6.45) is 6.02. The summed E-state index contributed by atoms with van der Waals surface area (Å²) in [5.41, 5.74) is 10.2. The standard InChI is InChI=1S/C27H28N6O2/c1-33-16-20(14-31-33)19-11-24(26(28)30-13-19)27(34)32-21-12-22(29-15-21)17-35-25-10-6-5-9-23(25)18-7-3-2-4-8-18/h2-11,13-14,16,21-22,29H,12,15,17H2,1H3,(H2,28,30)(H,32,34)/t21-,22-/m0/s1. The first kappa shape index (κ1) is 22.6. The van der Waals surface area contributed by atoms with E-state index in [1.165, 1.54) is 0 Å². The molecule has 8 heteroatoms. The van der Waals surface area contributed by atoms with Crippen LogP contribution in [0, 0.1) is 0 Å². The zero-order valence-corrected chi connectivity index (χ0v) is 19.5. The molecule has 3 heterocycles. The molecule has 0 saturated carbocycles. The molecule has 0 bridgehead atoms. The van der Waals surface area contributed by atoms with Crippen LogP contribution in [0.1, 0.15) is 16.8 Å². The molecule has 178 valence electrons. The van der Waals surface area contributed by atoms with Crippen LogP contribution in [0.3, 0.4) is 0 Å². The van der Waals surface area contributed by atoms with Gasteiger partial charge in [-0.2, -0.15) is 5.10 Å². The van der Waals surface area contributed by atoms with Crippen molar-refractivity contribution in [3.05, 3.63) is 84.8 Å². The van der Waals surface area contributed by atoms with Gasteiger partial charge < -0.3 is 21.1 Å². The van der Waals surface area contributed by atoms with Gasteiger partial charge in [-0.3, -0.25) is 9.48 Å². The second-order valence-corrected chi connectivity index (χ2v) is 8.74. The first-order chi connectivity index (χ1) is 17.1. The lowest BCUT2D eigenvalue weighted by molar-refractivity contribution is 0.0940. The molecule has 0 spiro atoms. The number of aromatic nitrogens is 3. The van der Waals surface area contributed by atoms with Crippen molar-refractivity contribution in [3.8, 4) is 28.0 Å². The van der Waals surface area contributed by atoms with E-state index in [1.807, 2.05) is 49.6 Å². The number of carbonyl (C=O) groups is 1. The van der Waals surface area contributed by atoms with Gasteiger partial charge in [0, 0.05) is 54.8 Å². The number of nitrogen functional groups attached to an aromatic ring is 1. The van der Waals surface area contributed by atoms with E-state index in [-0.39, 0.29) is 23.8 Å². The minimum Gasteiger partial charge on any atom is -0.491 e. The topological polar surface area (TPSA) is 107 Å². The van der Waals surface area contributed by atoms with Gasteiger partial charge in [-0.1, -0.05) is 48.5 Å². The number of nitrogens with zero attached hydrogens (tertiary/aromatic N) is 3. The highest BCUT2D eigenvalue weighted by atomic mass is 16.5. The molecular formula is C27H28N6O2. The summed E-state index contributed by atoms with van der Waals surface area (Å²) in [7, 11) is 1.84. The summed E-state index contributed by atoms with van der Waals surface area (Å²) in [6.45, 7) is 1.17. The largest absolute Gasteiger partial charge is 0.491 e. The van der Waals surface area contributed by atoms with Gasteiger partial charge >= 0.3 is 0 Å². The summed E-state index contributed by atoms with van der Waals surface area (Å²) >= 11 is 0. The third kappa shape index (κ3) is 5.17. The van der Waals surface area contributed by atoms with E-state index in [0.717, 1.165) is 34.4 Å². The molecule has 1 aliphatic heterocycles. The lowest BCUT2D eigenvalue weighted by Crippen LogP contribution is -2.36. The van der Waals surface area contributed by atoms with Crippen molar-refractivity contribution in [2.75, 3.05) is 18.9 Å². The second kappa shape index (κ2) is 9.99. The maximum absolute atomic E-state index is 13.0. The summed E-state index contributed by atoms with van der Waals surface area (Å²) in [6, 6.07) is 20.1. The van der Waals surface area contributed by atoms with Crippen molar-refractivity contribution in [1.82, 2.24) is 25.4 Å².